The topological polar surface area (TPSA) is 29.9 Å². The summed E-state index contributed by atoms with van der Waals surface area (Å²) < 4.78 is 8.09. The fraction of sp³-hybridized carbons (Fsp3) is 0.400. The van der Waals surface area contributed by atoms with Crippen molar-refractivity contribution in [3.05, 3.63) is 46.5 Å². The van der Waals surface area contributed by atoms with Crippen LogP contribution in [0.4, 0.5) is 0 Å². The number of ether oxygens (including phenoxy) is 1. The minimum Gasteiger partial charge on any atom is -0.380 e. The van der Waals surface area contributed by atoms with Gasteiger partial charge in [0.15, 0.2) is 4.77 Å². The molecule has 0 unspecified atom stereocenters. The zero-order chi connectivity index (χ0) is 14.0. The highest BCUT2D eigenvalue weighted by atomic mass is 32.1. The molecular formula is C15H20N2OS. The zero-order valence-electron chi connectivity index (χ0n) is 11.9. The quantitative estimate of drug-likeness (QED) is 0.859. The van der Waals surface area contributed by atoms with Crippen LogP contribution in [0.5, 0.6) is 0 Å². The Kier molecular flexibility index (Phi) is 3.92. The van der Waals surface area contributed by atoms with Crippen LogP contribution < -0.4 is 0 Å². The number of methoxy groups -OCH3 is 1. The fourth-order valence-corrected chi connectivity index (χ4v) is 2.42. The van der Waals surface area contributed by atoms with Gasteiger partial charge in [-0.2, -0.15) is 0 Å². The predicted molar refractivity (Wildman–Crippen MR) is 80.4 cm³/mol. The summed E-state index contributed by atoms with van der Waals surface area (Å²) in [5.41, 5.74) is 3.40. The number of nitrogens with zero attached hydrogens (tertiary/aromatic N) is 1. The van der Waals surface area contributed by atoms with Gasteiger partial charge in [0, 0.05) is 30.0 Å². The maximum Gasteiger partial charge on any atom is 0.182 e. The summed E-state index contributed by atoms with van der Waals surface area (Å²) in [5.74, 6) is 0. The number of H-pyrrole nitrogens is 1. The van der Waals surface area contributed by atoms with Gasteiger partial charge in [0.25, 0.3) is 0 Å². The van der Waals surface area contributed by atoms with E-state index < -0.39 is 0 Å². The van der Waals surface area contributed by atoms with Gasteiger partial charge in [-0.3, -0.25) is 4.57 Å². The van der Waals surface area contributed by atoms with Crippen molar-refractivity contribution in [1.82, 2.24) is 9.55 Å². The Morgan fingerprint density at radius 2 is 1.95 bits per heavy atom. The lowest BCUT2D eigenvalue weighted by Crippen LogP contribution is -2.17. The van der Waals surface area contributed by atoms with Crippen LogP contribution in [-0.4, -0.2) is 16.7 Å². The molecule has 0 aliphatic heterocycles. The summed E-state index contributed by atoms with van der Waals surface area (Å²) in [4.78, 5) is 3.15. The van der Waals surface area contributed by atoms with Crippen molar-refractivity contribution in [1.29, 1.82) is 0 Å². The van der Waals surface area contributed by atoms with E-state index in [4.69, 9.17) is 17.0 Å². The Balaban J connectivity index is 2.66. The van der Waals surface area contributed by atoms with Crippen LogP contribution in [0.1, 0.15) is 32.0 Å². The van der Waals surface area contributed by atoms with E-state index in [1.165, 1.54) is 5.69 Å². The Bertz CT molecular complexity index is 620. The van der Waals surface area contributed by atoms with E-state index in [9.17, 15) is 0 Å². The molecular weight excluding hydrogens is 256 g/mol. The molecule has 0 aliphatic carbocycles. The average Bonchev–Trinajstić information content (AvgIpc) is 2.72. The highest BCUT2D eigenvalue weighted by Gasteiger charge is 2.21. The van der Waals surface area contributed by atoms with Gasteiger partial charge in [-0.1, -0.05) is 39.0 Å². The van der Waals surface area contributed by atoms with Gasteiger partial charge >= 0.3 is 0 Å². The molecule has 102 valence electrons. The van der Waals surface area contributed by atoms with Crippen molar-refractivity contribution in [2.45, 2.75) is 32.8 Å². The summed E-state index contributed by atoms with van der Waals surface area (Å²) in [6.07, 6.45) is 1.99. The van der Waals surface area contributed by atoms with Crippen LogP contribution in [0, 0.1) is 4.77 Å². The van der Waals surface area contributed by atoms with Crippen molar-refractivity contribution in [3.63, 3.8) is 0 Å². The van der Waals surface area contributed by atoms with Gasteiger partial charge in [-0.05, 0) is 18.3 Å². The van der Waals surface area contributed by atoms with Gasteiger partial charge in [0.05, 0.1) is 12.3 Å². The Morgan fingerprint density at radius 1 is 1.26 bits per heavy atom. The molecule has 0 amide bonds. The van der Waals surface area contributed by atoms with Gasteiger partial charge in [0.1, 0.15) is 0 Å². The summed E-state index contributed by atoms with van der Waals surface area (Å²) in [7, 11) is 1.71. The molecule has 1 aromatic carbocycles. The van der Waals surface area contributed by atoms with Crippen LogP contribution in [0.15, 0.2) is 30.5 Å². The standard InChI is InChI=1S/C15H20N2OS/c1-15(2,3)13-9-16-14(19)17(13)12-8-6-5-7-11(12)10-18-4/h5-9H,10H2,1-4H3,(H,16,19). The second kappa shape index (κ2) is 5.31. The Morgan fingerprint density at radius 3 is 2.58 bits per heavy atom. The molecule has 0 saturated heterocycles. The molecule has 0 radical (unpaired) electrons. The van der Waals surface area contributed by atoms with Crippen molar-refractivity contribution < 1.29 is 4.74 Å². The first kappa shape index (κ1) is 14.0. The largest absolute Gasteiger partial charge is 0.380 e. The molecule has 1 heterocycles. The van der Waals surface area contributed by atoms with E-state index in [2.05, 4.69) is 42.5 Å². The Labute approximate surface area is 119 Å². The second-order valence-electron chi connectivity index (χ2n) is 5.63. The van der Waals surface area contributed by atoms with Crippen LogP contribution in [0.25, 0.3) is 5.69 Å². The molecule has 0 fully saturated rings. The minimum absolute atomic E-state index is 0.0216. The number of nitrogens with one attached hydrogen (secondary N) is 1. The number of hydrogen-bond donors (Lipinski definition) is 1. The number of para-hydroxylation sites is 1. The lowest BCUT2D eigenvalue weighted by Gasteiger charge is -2.22. The van der Waals surface area contributed by atoms with Crippen LogP contribution in [0.3, 0.4) is 0 Å². The number of imidazole rings is 1. The third-order valence-corrected chi connectivity index (χ3v) is 3.38. The summed E-state index contributed by atoms with van der Waals surface area (Å²) >= 11 is 5.43. The van der Waals surface area contributed by atoms with E-state index in [-0.39, 0.29) is 5.41 Å². The fourth-order valence-electron chi connectivity index (χ4n) is 2.17. The maximum absolute atomic E-state index is 5.43. The molecule has 2 rings (SSSR count). The van der Waals surface area contributed by atoms with E-state index in [0.717, 1.165) is 11.3 Å². The highest BCUT2D eigenvalue weighted by Crippen LogP contribution is 2.27. The number of benzene rings is 1. The van der Waals surface area contributed by atoms with Gasteiger partial charge in [-0.15, -0.1) is 0 Å². The first-order chi connectivity index (χ1) is 8.95. The zero-order valence-corrected chi connectivity index (χ0v) is 12.7. The molecule has 4 heteroatoms. The SMILES string of the molecule is COCc1ccccc1-n1c(C(C)(C)C)c[nH]c1=S. The van der Waals surface area contributed by atoms with Crippen molar-refractivity contribution in [3.8, 4) is 5.69 Å². The minimum atomic E-state index is 0.0216. The third-order valence-electron chi connectivity index (χ3n) is 3.08. The summed E-state index contributed by atoms with van der Waals surface area (Å²) in [6.45, 7) is 7.12. The summed E-state index contributed by atoms with van der Waals surface area (Å²) in [5, 5.41) is 0. The summed E-state index contributed by atoms with van der Waals surface area (Å²) in [6, 6.07) is 8.19. The molecule has 2 aromatic rings. The first-order valence-corrected chi connectivity index (χ1v) is 6.74. The van der Waals surface area contributed by atoms with Crippen molar-refractivity contribution >= 4 is 12.2 Å². The molecule has 0 spiro atoms. The van der Waals surface area contributed by atoms with E-state index >= 15 is 0 Å². The first-order valence-electron chi connectivity index (χ1n) is 6.33. The second-order valence-corrected chi connectivity index (χ2v) is 6.01. The lowest BCUT2D eigenvalue weighted by molar-refractivity contribution is 0.184. The monoisotopic (exact) mass is 276 g/mol. The van der Waals surface area contributed by atoms with Crippen molar-refractivity contribution in [2.24, 2.45) is 0 Å². The van der Waals surface area contributed by atoms with Crippen LogP contribution in [0.2, 0.25) is 0 Å². The number of aromatic nitrogens is 2. The number of aromatic amines is 1. The van der Waals surface area contributed by atoms with Gasteiger partial charge in [0.2, 0.25) is 0 Å². The van der Waals surface area contributed by atoms with E-state index in [0.29, 0.717) is 11.4 Å². The molecule has 19 heavy (non-hydrogen) atoms. The molecule has 0 bridgehead atoms. The molecule has 0 aliphatic rings. The van der Waals surface area contributed by atoms with Crippen molar-refractivity contribution in [2.75, 3.05) is 7.11 Å². The van der Waals surface area contributed by atoms with Gasteiger partial charge in [-0.25, -0.2) is 0 Å². The van der Waals surface area contributed by atoms with Gasteiger partial charge < -0.3 is 9.72 Å². The highest BCUT2D eigenvalue weighted by molar-refractivity contribution is 7.71. The normalized spacial score (nSPS) is 11.8. The molecule has 1 N–H and O–H groups in total. The molecule has 1 aromatic heterocycles. The third kappa shape index (κ3) is 2.80. The number of rotatable bonds is 3. The smallest absolute Gasteiger partial charge is 0.182 e. The average molecular weight is 276 g/mol. The molecule has 3 nitrogen and oxygen atoms in total. The number of hydrogen-bond acceptors (Lipinski definition) is 2. The van der Waals surface area contributed by atoms with E-state index in [1.807, 2.05) is 18.3 Å². The van der Waals surface area contributed by atoms with Crippen LogP contribution in [-0.2, 0) is 16.8 Å². The predicted octanol–water partition coefficient (Wildman–Crippen LogP) is 3.98. The molecule has 0 atom stereocenters. The van der Waals surface area contributed by atoms with E-state index in [1.54, 1.807) is 7.11 Å². The maximum atomic E-state index is 5.43. The lowest BCUT2D eigenvalue weighted by atomic mass is 9.92. The Hall–Kier alpha value is -1.39. The molecule has 0 saturated carbocycles. The van der Waals surface area contributed by atoms with Crippen LogP contribution >= 0.6 is 12.2 Å².